The van der Waals surface area contributed by atoms with Crippen LogP contribution in [-0.4, -0.2) is 91.2 Å². The Morgan fingerprint density at radius 2 is 1.90 bits per heavy atom. The molecule has 3 saturated heterocycles. The molecule has 8 atom stereocenters. The SMILES string of the molecule is C=CCN(C)C(=O)[C@H]1[C@H]2C(=O)N([C@@H](CO)[C@@H](C)CC)C(C(=O)N(CC=C)Cc3ccccc3)C23CC(Br)[C@@H]1S3. The second-order valence-electron chi connectivity index (χ2n) is 11.0. The number of nitrogens with zero attached hydrogens (tertiary/aromatic N) is 3. The molecular formula is C30H40BrN3O4S. The number of thioether (sulfide) groups is 1. The lowest BCUT2D eigenvalue weighted by Gasteiger charge is -2.41. The highest BCUT2D eigenvalue weighted by Crippen LogP contribution is 2.68. The van der Waals surface area contributed by atoms with Gasteiger partial charge in [0.05, 0.1) is 29.2 Å². The van der Waals surface area contributed by atoms with Crippen molar-refractivity contribution < 1.29 is 19.5 Å². The molecule has 0 aromatic heterocycles. The van der Waals surface area contributed by atoms with E-state index in [2.05, 4.69) is 29.1 Å². The van der Waals surface area contributed by atoms with Crippen molar-refractivity contribution in [2.24, 2.45) is 17.8 Å². The molecule has 3 fully saturated rings. The Bertz CT molecular complexity index is 1100. The Labute approximate surface area is 244 Å². The maximum atomic E-state index is 14.6. The molecule has 3 amide bonds. The van der Waals surface area contributed by atoms with Crippen LogP contribution in [0.25, 0.3) is 0 Å². The van der Waals surface area contributed by atoms with E-state index >= 15 is 0 Å². The van der Waals surface area contributed by atoms with Crippen LogP contribution in [-0.2, 0) is 20.9 Å². The number of carbonyl (C=O) groups is 3. The van der Waals surface area contributed by atoms with Crippen molar-refractivity contribution in [2.75, 3.05) is 26.7 Å². The largest absolute Gasteiger partial charge is 0.394 e. The summed E-state index contributed by atoms with van der Waals surface area (Å²) in [5.41, 5.74) is 0.985. The van der Waals surface area contributed by atoms with Gasteiger partial charge in [0.15, 0.2) is 0 Å². The summed E-state index contributed by atoms with van der Waals surface area (Å²) < 4.78 is -0.765. The standard InChI is InChI=1S/C30H40BrN3O4S/c1-6-14-32(5)27(36)23-24-28(37)34(22(18-35)19(4)8-3)26(30(24)16-21(31)25(23)39-30)29(38)33(15-7-2)17-20-12-10-9-11-13-20/h6-7,9-13,19,21-26,35H,1-2,8,14-18H2,3-5H3/t19-,21?,22-,23-,24-,25-,26?,30?/m0/s1. The molecule has 1 N–H and O–H groups in total. The maximum absolute atomic E-state index is 14.6. The fraction of sp³-hybridized carbons (Fsp3) is 0.567. The molecule has 9 heteroatoms. The number of rotatable bonds is 12. The van der Waals surface area contributed by atoms with Gasteiger partial charge in [-0.2, -0.15) is 0 Å². The van der Waals surface area contributed by atoms with Crippen molar-refractivity contribution in [1.29, 1.82) is 0 Å². The van der Waals surface area contributed by atoms with Gasteiger partial charge in [0.1, 0.15) is 6.04 Å². The summed E-state index contributed by atoms with van der Waals surface area (Å²) in [6.07, 6.45) is 4.73. The first-order valence-electron chi connectivity index (χ1n) is 13.7. The molecule has 1 spiro atoms. The number of hydrogen-bond donors (Lipinski definition) is 1. The van der Waals surface area contributed by atoms with E-state index in [1.165, 1.54) is 0 Å². The molecule has 2 bridgehead atoms. The van der Waals surface area contributed by atoms with Crippen LogP contribution >= 0.6 is 27.7 Å². The topological polar surface area (TPSA) is 81.2 Å². The van der Waals surface area contributed by atoms with Crippen molar-refractivity contribution in [3.8, 4) is 0 Å². The fourth-order valence-corrected chi connectivity index (χ4v) is 10.3. The smallest absolute Gasteiger partial charge is 0.247 e. The highest BCUT2D eigenvalue weighted by Gasteiger charge is 2.76. The predicted molar refractivity (Wildman–Crippen MR) is 159 cm³/mol. The van der Waals surface area contributed by atoms with Gasteiger partial charge >= 0.3 is 0 Å². The Morgan fingerprint density at radius 3 is 2.49 bits per heavy atom. The lowest BCUT2D eigenvalue weighted by Crippen LogP contribution is -2.58. The van der Waals surface area contributed by atoms with Crippen molar-refractivity contribution in [3.05, 3.63) is 61.2 Å². The van der Waals surface area contributed by atoms with Crippen LogP contribution in [0.4, 0.5) is 0 Å². The molecule has 7 nitrogen and oxygen atoms in total. The van der Waals surface area contributed by atoms with E-state index in [-0.39, 0.29) is 40.3 Å². The second kappa shape index (κ2) is 12.2. The molecule has 39 heavy (non-hydrogen) atoms. The Kier molecular flexibility index (Phi) is 9.33. The molecular weight excluding hydrogens is 578 g/mol. The first-order valence-corrected chi connectivity index (χ1v) is 15.5. The Morgan fingerprint density at radius 1 is 1.23 bits per heavy atom. The second-order valence-corrected chi connectivity index (χ2v) is 13.8. The summed E-state index contributed by atoms with van der Waals surface area (Å²) in [7, 11) is 1.73. The molecule has 1 aromatic carbocycles. The van der Waals surface area contributed by atoms with Gasteiger partial charge in [-0.05, 0) is 17.9 Å². The van der Waals surface area contributed by atoms with Gasteiger partial charge in [-0.1, -0.05) is 78.7 Å². The third-order valence-electron chi connectivity index (χ3n) is 8.75. The summed E-state index contributed by atoms with van der Waals surface area (Å²) in [5, 5.41) is 10.4. The number of halogens is 1. The summed E-state index contributed by atoms with van der Waals surface area (Å²) in [5.74, 6) is -1.64. The normalized spacial score (nSPS) is 30.5. The van der Waals surface area contributed by atoms with Crippen LogP contribution in [0.3, 0.4) is 0 Å². The first-order chi connectivity index (χ1) is 18.7. The quantitative estimate of drug-likeness (QED) is 0.286. The van der Waals surface area contributed by atoms with Gasteiger partial charge in [-0.3, -0.25) is 14.4 Å². The van der Waals surface area contributed by atoms with Crippen LogP contribution < -0.4 is 0 Å². The number of hydrogen-bond acceptors (Lipinski definition) is 5. The maximum Gasteiger partial charge on any atom is 0.247 e. The number of aliphatic hydroxyl groups is 1. The van der Waals surface area contributed by atoms with Gasteiger partial charge in [-0.15, -0.1) is 24.9 Å². The highest BCUT2D eigenvalue weighted by atomic mass is 79.9. The van der Waals surface area contributed by atoms with Crippen LogP contribution in [0.15, 0.2) is 55.6 Å². The van der Waals surface area contributed by atoms with Crippen molar-refractivity contribution in [1.82, 2.24) is 14.7 Å². The zero-order chi connectivity index (χ0) is 28.5. The van der Waals surface area contributed by atoms with E-state index in [1.807, 2.05) is 44.2 Å². The summed E-state index contributed by atoms with van der Waals surface area (Å²) in [6.45, 7) is 12.5. The molecule has 3 heterocycles. The van der Waals surface area contributed by atoms with Crippen LogP contribution in [0.1, 0.15) is 32.3 Å². The Hall–Kier alpha value is -2.10. The zero-order valence-corrected chi connectivity index (χ0v) is 25.4. The lowest BCUT2D eigenvalue weighted by atomic mass is 9.70. The van der Waals surface area contributed by atoms with Gasteiger partial charge in [-0.25, -0.2) is 0 Å². The molecule has 3 aliphatic heterocycles. The van der Waals surface area contributed by atoms with Crippen LogP contribution in [0, 0.1) is 17.8 Å². The molecule has 1 aromatic rings. The summed E-state index contributed by atoms with van der Waals surface area (Å²) in [4.78, 5) is 47.9. The lowest BCUT2D eigenvalue weighted by molar-refractivity contribution is -0.148. The fourth-order valence-electron chi connectivity index (χ4n) is 6.70. The van der Waals surface area contributed by atoms with E-state index in [4.69, 9.17) is 0 Å². The minimum Gasteiger partial charge on any atom is -0.394 e. The molecule has 0 radical (unpaired) electrons. The average Bonchev–Trinajstić information content (AvgIpc) is 3.52. The molecule has 0 aliphatic carbocycles. The third-order valence-corrected chi connectivity index (χ3v) is 12.0. The van der Waals surface area contributed by atoms with Crippen LogP contribution in [0.5, 0.6) is 0 Å². The minimum atomic E-state index is -0.789. The van der Waals surface area contributed by atoms with Crippen molar-refractivity contribution >= 4 is 45.4 Å². The van der Waals surface area contributed by atoms with Gasteiger partial charge in [0.25, 0.3) is 0 Å². The van der Waals surface area contributed by atoms with Crippen molar-refractivity contribution in [2.45, 2.75) is 60.1 Å². The molecule has 0 saturated carbocycles. The van der Waals surface area contributed by atoms with E-state index in [0.29, 0.717) is 26.1 Å². The van der Waals surface area contributed by atoms with Gasteiger partial charge < -0.3 is 19.8 Å². The molecule has 3 unspecified atom stereocenters. The number of likely N-dealkylation sites (tertiary alicyclic amines) is 1. The Balaban J connectivity index is 1.82. The number of alkyl halides is 1. The minimum absolute atomic E-state index is 0.00830. The van der Waals surface area contributed by atoms with E-state index in [0.717, 1.165) is 12.0 Å². The highest BCUT2D eigenvalue weighted by molar-refractivity contribution is 9.09. The third kappa shape index (κ3) is 5.10. The summed E-state index contributed by atoms with van der Waals surface area (Å²) in [6, 6.07) is 8.47. The molecule has 4 rings (SSSR count). The number of aliphatic hydroxyl groups excluding tert-OH is 1. The number of likely N-dealkylation sites (N-methyl/N-ethyl adjacent to an activating group) is 1. The number of benzene rings is 1. The number of fused-ring (bicyclic) bond motifs is 1. The molecule has 212 valence electrons. The number of amides is 3. The summed E-state index contributed by atoms with van der Waals surface area (Å²) >= 11 is 5.45. The monoisotopic (exact) mass is 617 g/mol. The number of carbonyl (C=O) groups excluding carboxylic acids is 3. The van der Waals surface area contributed by atoms with Crippen molar-refractivity contribution in [3.63, 3.8) is 0 Å². The first kappa shape index (κ1) is 29.9. The van der Waals surface area contributed by atoms with E-state index < -0.39 is 28.7 Å². The van der Waals surface area contributed by atoms with E-state index in [9.17, 15) is 19.5 Å². The predicted octanol–water partition coefficient (Wildman–Crippen LogP) is 3.72. The molecule has 3 aliphatic rings. The van der Waals surface area contributed by atoms with E-state index in [1.54, 1.807) is 45.7 Å². The zero-order valence-electron chi connectivity index (χ0n) is 23.0. The van der Waals surface area contributed by atoms with Gasteiger partial charge in [0, 0.05) is 36.8 Å². The van der Waals surface area contributed by atoms with Gasteiger partial charge in [0.2, 0.25) is 17.7 Å². The average molecular weight is 619 g/mol. The van der Waals surface area contributed by atoms with Crippen LogP contribution in [0.2, 0.25) is 0 Å².